The molecule has 4 nitrogen and oxygen atoms in total. The van der Waals surface area contributed by atoms with E-state index in [1.54, 1.807) is 6.92 Å². The smallest absolute Gasteiger partial charge is 0.114 e. The van der Waals surface area contributed by atoms with Gasteiger partial charge in [-0.2, -0.15) is 0 Å². The third-order valence-corrected chi connectivity index (χ3v) is 2.11. The Morgan fingerprint density at radius 2 is 1.83 bits per heavy atom. The minimum atomic E-state index is -1.40. The minimum Gasteiger partial charge on any atom is -0.394 e. The van der Waals surface area contributed by atoms with E-state index in [1.807, 2.05) is 0 Å². The van der Waals surface area contributed by atoms with E-state index in [1.165, 1.54) is 0 Å². The van der Waals surface area contributed by atoms with Crippen LogP contribution in [0, 0.1) is 0 Å². The van der Waals surface area contributed by atoms with Gasteiger partial charge in [-0.3, -0.25) is 0 Å². The molecule has 0 aromatic rings. The second-order valence-electron chi connectivity index (χ2n) is 2.51. The lowest BCUT2D eigenvalue weighted by Crippen LogP contribution is -2.43. The van der Waals surface area contributed by atoms with Gasteiger partial charge < -0.3 is 20.4 Å². The molecular weight excluding hydrogens is 180 g/mol. The summed E-state index contributed by atoms with van der Waals surface area (Å²) in [7, 11) is 0. The van der Waals surface area contributed by atoms with E-state index < -0.39 is 24.9 Å². The van der Waals surface area contributed by atoms with Crippen molar-refractivity contribution in [3.05, 3.63) is 0 Å². The lowest BCUT2D eigenvalue weighted by molar-refractivity contribution is -0.0551. The Labute approximate surface area is 76.5 Å². The van der Waals surface area contributed by atoms with Crippen molar-refractivity contribution >= 4 is 17.1 Å². The summed E-state index contributed by atoms with van der Waals surface area (Å²) in [4.78, 5) is 0.273. The summed E-state index contributed by atoms with van der Waals surface area (Å²) in [5, 5.41) is 35.7. The van der Waals surface area contributed by atoms with Crippen LogP contribution < -0.4 is 0 Å². The molecule has 5 heteroatoms. The molecule has 0 saturated carbocycles. The minimum absolute atomic E-state index is 0.273. The van der Waals surface area contributed by atoms with E-state index in [-0.39, 0.29) is 4.86 Å². The van der Waals surface area contributed by atoms with Crippen LogP contribution in [-0.4, -0.2) is 50.2 Å². The van der Waals surface area contributed by atoms with Crippen LogP contribution in [-0.2, 0) is 0 Å². The number of aliphatic hydroxyl groups is 4. The zero-order valence-electron chi connectivity index (χ0n) is 6.84. The Kier molecular flexibility index (Phi) is 5.52. The van der Waals surface area contributed by atoms with Gasteiger partial charge in [-0.1, -0.05) is 19.1 Å². The number of rotatable bonds is 5. The van der Waals surface area contributed by atoms with Gasteiger partial charge >= 0.3 is 0 Å². The van der Waals surface area contributed by atoms with Gasteiger partial charge in [0.2, 0.25) is 0 Å². The zero-order chi connectivity index (χ0) is 9.72. The summed E-state index contributed by atoms with van der Waals surface area (Å²) in [6.45, 7) is 1.15. The third-order valence-electron chi connectivity index (χ3n) is 1.58. The van der Waals surface area contributed by atoms with Gasteiger partial charge in [-0.25, -0.2) is 0 Å². The van der Waals surface area contributed by atoms with Crippen molar-refractivity contribution in [2.45, 2.75) is 31.7 Å². The Balaban J connectivity index is 4.08. The molecule has 0 bridgehead atoms. The quantitative estimate of drug-likeness (QED) is 0.415. The molecule has 0 aliphatic carbocycles. The molecule has 0 amide bonds. The first-order valence-electron chi connectivity index (χ1n) is 3.72. The molecule has 0 aromatic carbocycles. The predicted molar refractivity (Wildman–Crippen MR) is 48.0 cm³/mol. The topological polar surface area (TPSA) is 80.9 Å². The average molecular weight is 194 g/mol. The Morgan fingerprint density at radius 3 is 2.17 bits per heavy atom. The highest BCUT2D eigenvalue weighted by atomic mass is 32.1. The van der Waals surface area contributed by atoms with E-state index in [0.717, 1.165) is 0 Å². The second kappa shape index (κ2) is 5.55. The molecule has 0 spiro atoms. The van der Waals surface area contributed by atoms with Gasteiger partial charge in [0.25, 0.3) is 0 Å². The van der Waals surface area contributed by atoms with Crippen molar-refractivity contribution in [2.75, 3.05) is 6.61 Å². The molecule has 3 atom stereocenters. The zero-order valence-corrected chi connectivity index (χ0v) is 7.66. The molecule has 4 N–H and O–H groups in total. The predicted octanol–water partition coefficient (Wildman–Crippen LogP) is -1.16. The summed E-state index contributed by atoms with van der Waals surface area (Å²) in [5.41, 5.74) is 0. The van der Waals surface area contributed by atoms with E-state index in [9.17, 15) is 5.11 Å². The van der Waals surface area contributed by atoms with E-state index >= 15 is 0 Å². The van der Waals surface area contributed by atoms with Crippen molar-refractivity contribution in [1.82, 2.24) is 0 Å². The van der Waals surface area contributed by atoms with Gasteiger partial charge in [-0.05, 0) is 6.42 Å². The van der Waals surface area contributed by atoms with Crippen LogP contribution >= 0.6 is 12.2 Å². The summed E-state index contributed by atoms with van der Waals surface area (Å²) < 4.78 is 0. The molecule has 0 aromatic heterocycles. The van der Waals surface area contributed by atoms with Gasteiger partial charge in [-0.15, -0.1) is 0 Å². The van der Waals surface area contributed by atoms with Crippen LogP contribution in [0.4, 0.5) is 0 Å². The third kappa shape index (κ3) is 3.12. The Hall–Kier alpha value is -0.0700. The van der Waals surface area contributed by atoms with Crippen LogP contribution in [0.5, 0.6) is 0 Å². The lowest BCUT2D eigenvalue weighted by atomic mass is 10.0. The summed E-state index contributed by atoms with van der Waals surface area (Å²) in [5.74, 6) is 0. The van der Waals surface area contributed by atoms with E-state index in [2.05, 4.69) is 0 Å². The first-order valence-corrected chi connectivity index (χ1v) is 4.13. The Bertz CT molecular complexity index is 150. The highest BCUT2D eigenvalue weighted by Crippen LogP contribution is 2.04. The summed E-state index contributed by atoms with van der Waals surface area (Å²) in [6.07, 6.45) is -3.54. The molecule has 0 saturated heterocycles. The van der Waals surface area contributed by atoms with Crippen molar-refractivity contribution < 1.29 is 20.4 Å². The molecule has 0 unspecified atom stereocenters. The van der Waals surface area contributed by atoms with Crippen LogP contribution in [0.3, 0.4) is 0 Å². The largest absolute Gasteiger partial charge is 0.394 e. The highest BCUT2D eigenvalue weighted by molar-refractivity contribution is 7.80. The highest BCUT2D eigenvalue weighted by Gasteiger charge is 2.26. The molecule has 12 heavy (non-hydrogen) atoms. The maximum atomic E-state index is 9.23. The monoisotopic (exact) mass is 194 g/mol. The number of hydrogen-bond acceptors (Lipinski definition) is 5. The maximum Gasteiger partial charge on any atom is 0.114 e. The fraction of sp³-hybridized carbons (Fsp3) is 0.857. The first kappa shape index (κ1) is 11.9. The number of aliphatic hydroxyl groups excluding tert-OH is 4. The second-order valence-corrected chi connectivity index (χ2v) is 3.03. The molecule has 0 rings (SSSR count). The molecule has 0 aliphatic heterocycles. The SMILES string of the molecule is CCC(=S)[C@H](O)[C@H](O)[C@H](O)CO. The van der Waals surface area contributed by atoms with Crippen LogP contribution in [0.1, 0.15) is 13.3 Å². The van der Waals surface area contributed by atoms with E-state index in [0.29, 0.717) is 6.42 Å². The molecular formula is C7H14O4S. The van der Waals surface area contributed by atoms with Crippen LogP contribution in [0.2, 0.25) is 0 Å². The molecule has 0 fully saturated rings. The van der Waals surface area contributed by atoms with E-state index in [4.69, 9.17) is 27.5 Å². The summed E-state index contributed by atoms with van der Waals surface area (Å²) >= 11 is 4.72. The van der Waals surface area contributed by atoms with Gasteiger partial charge in [0.1, 0.15) is 18.3 Å². The molecule has 0 heterocycles. The standard InChI is InChI=1S/C7H14O4S/c1-2-5(12)7(11)6(10)4(9)3-8/h4,6-11H,2-3H2,1H3/t4-,6-,7+/m1/s1. The van der Waals surface area contributed by atoms with Crippen LogP contribution in [0.25, 0.3) is 0 Å². The number of hydrogen-bond donors (Lipinski definition) is 4. The normalized spacial score (nSPS) is 18.4. The van der Waals surface area contributed by atoms with Gasteiger partial charge in [0.15, 0.2) is 0 Å². The van der Waals surface area contributed by atoms with Gasteiger partial charge in [0.05, 0.1) is 6.61 Å². The molecule has 0 aliphatic rings. The summed E-state index contributed by atoms with van der Waals surface area (Å²) in [6, 6.07) is 0. The first-order chi connectivity index (χ1) is 5.54. The van der Waals surface area contributed by atoms with Crippen molar-refractivity contribution in [2.24, 2.45) is 0 Å². The average Bonchev–Trinajstić information content (AvgIpc) is 2.12. The number of thiocarbonyl (C=S) groups is 1. The van der Waals surface area contributed by atoms with Crippen molar-refractivity contribution in [1.29, 1.82) is 0 Å². The van der Waals surface area contributed by atoms with Crippen LogP contribution in [0.15, 0.2) is 0 Å². The molecule has 72 valence electrons. The maximum absolute atomic E-state index is 9.23. The van der Waals surface area contributed by atoms with Gasteiger partial charge in [0, 0.05) is 4.86 Å². The van der Waals surface area contributed by atoms with Crippen molar-refractivity contribution in [3.8, 4) is 0 Å². The molecule has 0 radical (unpaired) electrons. The lowest BCUT2D eigenvalue weighted by Gasteiger charge is -2.21. The van der Waals surface area contributed by atoms with Crippen molar-refractivity contribution in [3.63, 3.8) is 0 Å². The Morgan fingerprint density at radius 1 is 1.33 bits per heavy atom. The fourth-order valence-electron chi connectivity index (χ4n) is 0.718. The fourth-order valence-corrected chi connectivity index (χ4v) is 0.857.